The number of nitrogens with zero attached hydrogens (tertiary/aromatic N) is 1. The van der Waals surface area contributed by atoms with Crippen LogP contribution < -0.4 is 14.4 Å². The van der Waals surface area contributed by atoms with Crippen molar-refractivity contribution in [3.05, 3.63) is 17.2 Å². The third-order valence-corrected chi connectivity index (χ3v) is 3.85. The minimum absolute atomic E-state index is 0.0574. The van der Waals surface area contributed by atoms with Gasteiger partial charge in [0.15, 0.2) is 0 Å². The smallest absolute Gasteiger partial charge is 0.145 e. The van der Waals surface area contributed by atoms with Gasteiger partial charge in [0.1, 0.15) is 11.5 Å². The number of likely N-dealkylation sites (N-methyl/N-ethyl adjacent to an activating group) is 1. The van der Waals surface area contributed by atoms with Crippen LogP contribution in [0.25, 0.3) is 0 Å². The molecule has 0 aliphatic rings. The van der Waals surface area contributed by atoms with Crippen LogP contribution in [0.3, 0.4) is 0 Å². The molecule has 0 radical (unpaired) electrons. The molecule has 0 heterocycles. The lowest BCUT2D eigenvalue weighted by Crippen LogP contribution is -2.44. The number of ether oxygens (including phenoxy) is 2. The Morgan fingerprint density at radius 3 is 2.16 bits per heavy atom. The lowest BCUT2D eigenvalue weighted by molar-refractivity contribution is 0.215. The molecule has 1 aromatic carbocycles. The topological polar surface area (TPSA) is 41.9 Å². The van der Waals surface area contributed by atoms with Crippen LogP contribution in [0.1, 0.15) is 25.0 Å². The largest absolute Gasteiger partial charge is 0.496 e. The number of aliphatic hydroxyl groups excluding tert-OH is 1. The summed E-state index contributed by atoms with van der Waals surface area (Å²) in [5.41, 5.74) is 2.66. The second-order valence-corrected chi connectivity index (χ2v) is 5.41. The van der Waals surface area contributed by atoms with E-state index in [1.54, 1.807) is 14.2 Å². The second kappa shape index (κ2) is 5.70. The molecule has 4 heteroatoms. The van der Waals surface area contributed by atoms with E-state index < -0.39 is 0 Å². The van der Waals surface area contributed by atoms with Gasteiger partial charge in [0.25, 0.3) is 0 Å². The second-order valence-electron chi connectivity index (χ2n) is 5.41. The van der Waals surface area contributed by atoms with E-state index in [0.29, 0.717) is 0 Å². The van der Waals surface area contributed by atoms with Crippen LogP contribution >= 0.6 is 0 Å². The summed E-state index contributed by atoms with van der Waals surface area (Å²) in [6.45, 7) is 8.04. The van der Waals surface area contributed by atoms with E-state index >= 15 is 0 Å². The van der Waals surface area contributed by atoms with Crippen molar-refractivity contribution >= 4 is 5.69 Å². The van der Waals surface area contributed by atoms with Crippen LogP contribution in [0, 0.1) is 13.8 Å². The Labute approximate surface area is 115 Å². The van der Waals surface area contributed by atoms with Gasteiger partial charge in [-0.2, -0.15) is 0 Å². The van der Waals surface area contributed by atoms with E-state index in [-0.39, 0.29) is 12.1 Å². The highest BCUT2D eigenvalue weighted by molar-refractivity contribution is 5.68. The average Bonchev–Trinajstić information content (AvgIpc) is 2.40. The molecule has 0 bridgehead atoms. The molecule has 1 rings (SSSR count). The molecule has 1 N–H and O–H groups in total. The summed E-state index contributed by atoms with van der Waals surface area (Å²) in [6, 6.07) is 1.96. The predicted molar refractivity (Wildman–Crippen MR) is 78.6 cm³/mol. The van der Waals surface area contributed by atoms with E-state index in [1.165, 1.54) is 0 Å². The number of rotatable bonds is 5. The van der Waals surface area contributed by atoms with Crippen LogP contribution in [0.4, 0.5) is 5.69 Å². The van der Waals surface area contributed by atoms with Crippen LogP contribution in [-0.4, -0.2) is 38.5 Å². The van der Waals surface area contributed by atoms with Gasteiger partial charge in [0.05, 0.1) is 32.1 Å². The van der Waals surface area contributed by atoms with E-state index in [1.807, 2.05) is 45.7 Å². The van der Waals surface area contributed by atoms with Gasteiger partial charge in [0, 0.05) is 13.1 Å². The molecular weight excluding hydrogens is 242 g/mol. The minimum atomic E-state index is -0.375. The Kier molecular flexibility index (Phi) is 4.69. The number of hydrogen-bond donors (Lipinski definition) is 1. The van der Waals surface area contributed by atoms with Crippen LogP contribution in [0.5, 0.6) is 11.5 Å². The van der Waals surface area contributed by atoms with Gasteiger partial charge in [0.2, 0.25) is 0 Å². The van der Waals surface area contributed by atoms with E-state index in [0.717, 1.165) is 28.3 Å². The molecule has 0 fully saturated rings. The number of benzene rings is 1. The molecule has 1 aromatic rings. The fraction of sp³-hybridized carbons (Fsp3) is 0.600. The molecule has 0 unspecified atom stereocenters. The van der Waals surface area contributed by atoms with E-state index in [4.69, 9.17) is 9.47 Å². The normalized spacial score (nSPS) is 11.4. The van der Waals surface area contributed by atoms with Gasteiger partial charge in [-0.25, -0.2) is 0 Å². The highest BCUT2D eigenvalue weighted by Crippen LogP contribution is 2.40. The Bertz CT molecular complexity index is 455. The molecule has 0 aliphatic carbocycles. The maximum atomic E-state index is 9.53. The summed E-state index contributed by atoms with van der Waals surface area (Å²) < 4.78 is 11.0. The van der Waals surface area contributed by atoms with Crippen molar-refractivity contribution in [3.63, 3.8) is 0 Å². The zero-order chi connectivity index (χ0) is 14.8. The van der Waals surface area contributed by atoms with Crippen molar-refractivity contribution in [2.24, 2.45) is 0 Å². The Morgan fingerprint density at radius 1 is 1.16 bits per heavy atom. The highest BCUT2D eigenvalue weighted by Gasteiger charge is 2.27. The molecule has 0 atom stereocenters. The fourth-order valence-electron chi connectivity index (χ4n) is 2.00. The van der Waals surface area contributed by atoms with Gasteiger partial charge in [-0.1, -0.05) is 0 Å². The summed E-state index contributed by atoms with van der Waals surface area (Å²) in [6.07, 6.45) is 0. The maximum absolute atomic E-state index is 9.53. The number of hydrogen-bond acceptors (Lipinski definition) is 4. The molecule has 0 amide bonds. The first-order valence-corrected chi connectivity index (χ1v) is 6.37. The summed E-state index contributed by atoms with van der Waals surface area (Å²) >= 11 is 0. The first kappa shape index (κ1) is 15.6. The van der Waals surface area contributed by atoms with Crippen molar-refractivity contribution in [3.8, 4) is 11.5 Å². The summed E-state index contributed by atoms with van der Waals surface area (Å²) in [7, 11) is 5.27. The molecule has 0 aliphatic heterocycles. The Hall–Kier alpha value is -1.42. The number of methoxy groups -OCH3 is 2. The van der Waals surface area contributed by atoms with Crippen LogP contribution in [0.2, 0.25) is 0 Å². The van der Waals surface area contributed by atoms with E-state index in [9.17, 15) is 5.11 Å². The van der Waals surface area contributed by atoms with Gasteiger partial charge in [-0.05, 0) is 38.8 Å². The van der Waals surface area contributed by atoms with Crippen LogP contribution in [-0.2, 0) is 0 Å². The summed E-state index contributed by atoms with van der Waals surface area (Å²) in [4.78, 5) is 2.01. The standard InChI is InChI=1S/C15H25NO3/c1-10-11(2)14(19-7)12(8-13(10)18-6)16(5)15(3,4)9-17/h8,17H,9H2,1-7H3. The zero-order valence-corrected chi connectivity index (χ0v) is 13.0. The number of aliphatic hydroxyl groups is 1. The first-order chi connectivity index (χ1) is 8.80. The Morgan fingerprint density at radius 2 is 1.74 bits per heavy atom. The van der Waals surface area contributed by atoms with Crippen molar-refractivity contribution in [2.45, 2.75) is 33.2 Å². The molecule has 0 saturated heterocycles. The minimum Gasteiger partial charge on any atom is -0.496 e. The van der Waals surface area contributed by atoms with Gasteiger partial charge in [-0.3, -0.25) is 0 Å². The van der Waals surface area contributed by atoms with Gasteiger partial charge in [-0.15, -0.1) is 0 Å². The monoisotopic (exact) mass is 267 g/mol. The summed E-state index contributed by atoms with van der Waals surface area (Å²) in [5.74, 6) is 1.65. The van der Waals surface area contributed by atoms with E-state index in [2.05, 4.69) is 0 Å². The van der Waals surface area contributed by atoms with Gasteiger partial charge < -0.3 is 19.5 Å². The van der Waals surface area contributed by atoms with Crippen molar-refractivity contribution in [1.29, 1.82) is 0 Å². The molecule has 19 heavy (non-hydrogen) atoms. The molecule has 0 aromatic heterocycles. The molecule has 4 nitrogen and oxygen atoms in total. The Balaban J connectivity index is 3.46. The fourth-order valence-corrected chi connectivity index (χ4v) is 2.00. The lowest BCUT2D eigenvalue weighted by Gasteiger charge is -2.37. The third-order valence-electron chi connectivity index (χ3n) is 3.85. The number of anilines is 1. The lowest BCUT2D eigenvalue weighted by atomic mass is 10.0. The molecule has 0 saturated carbocycles. The zero-order valence-electron chi connectivity index (χ0n) is 13.0. The van der Waals surface area contributed by atoms with Crippen molar-refractivity contribution in [1.82, 2.24) is 0 Å². The quantitative estimate of drug-likeness (QED) is 0.890. The molecule has 0 spiro atoms. The first-order valence-electron chi connectivity index (χ1n) is 6.37. The maximum Gasteiger partial charge on any atom is 0.145 e. The average molecular weight is 267 g/mol. The van der Waals surface area contributed by atoms with Crippen LogP contribution in [0.15, 0.2) is 6.07 Å². The van der Waals surface area contributed by atoms with Gasteiger partial charge >= 0.3 is 0 Å². The predicted octanol–water partition coefficient (Wildman–Crippen LogP) is 2.53. The summed E-state index contributed by atoms with van der Waals surface area (Å²) in [5, 5.41) is 9.53. The highest BCUT2D eigenvalue weighted by atomic mass is 16.5. The van der Waals surface area contributed by atoms with Crippen molar-refractivity contribution < 1.29 is 14.6 Å². The molecular formula is C15H25NO3. The van der Waals surface area contributed by atoms with Crippen molar-refractivity contribution in [2.75, 3.05) is 32.8 Å². The third kappa shape index (κ3) is 2.78. The molecule has 108 valence electrons. The SMILES string of the molecule is COc1cc(N(C)C(C)(C)CO)c(OC)c(C)c1C.